The molecule has 0 saturated carbocycles. The van der Waals surface area contributed by atoms with Gasteiger partial charge in [0.15, 0.2) is 6.29 Å². The molecule has 0 bridgehead atoms. The van der Waals surface area contributed by atoms with Gasteiger partial charge in [-0.25, -0.2) is 0 Å². The molecule has 0 aromatic heterocycles. The summed E-state index contributed by atoms with van der Waals surface area (Å²) in [7, 11) is 0. The van der Waals surface area contributed by atoms with Gasteiger partial charge < -0.3 is 9.47 Å². The summed E-state index contributed by atoms with van der Waals surface area (Å²) in [6.07, 6.45) is 2.56. The molecule has 2 heteroatoms. The maximum atomic E-state index is 5.38. The normalized spacial score (nSPS) is 35.3. The number of rotatable bonds is 2. The molecule has 1 rings (SSSR count). The third-order valence-electron chi connectivity index (χ3n) is 1.43. The van der Waals surface area contributed by atoms with Crippen LogP contribution in [0.5, 0.6) is 0 Å². The lowest BCUT2D eigenvalue weighted by atomic mass is 10.3. The molecule has 0 N–H and O–H groups in total. The van der Waals surface area contributed by atoms with Crippen molar-refractivity contribution in [1.29, 1.82) is 0 Å². The summed E-state index contributed by atoms with van der Waals surface area (Å²) in [5, 5.41) is 0. The predicted molar refractivity (Wildman–Crippen MR) is 35.2 cm³/mol. The molecule has 0 radical (unpaired) electrons. The van der Waals surface area contributed by atoms with Crippen LogP contribution >= 0.6 is 0 Å². The molecule has 1 heterocycles. The minimum atomic E-state index is 0.0880. The predicted octanol–water partition coefficient (Wildman–Crippen LogP) is 1.55. The Kier molecular flexibility index (Phi) is 2.49. The zero-order valence-corrected chi connectivity index (χ0v) is 6.09. The number of hydrogen-bond acceptors (Lipinski definition) is 2. The topological polar surface area (TPSA) is 18.5 Å². The van der Waals surface area contributed by atoms with Crippen molar-refractivity contribution in [3.8, 4) is 0 Å². The van der Waals surface area contributed by atoms with E-state index in [1.54, 1.807) is 0 Å². The highest BCUT2D eigenvalue weighted by atomic mass is 16.7. The van der Waals surface area contributed by atoms with Gasteiger partial charge in [0.1, 0.15) is 0 Å². The maximum Gasteiger partial charge on any atom is 0.158 e. The van der Waals surface area contributed by atoms with Crippen molar-refractivity contribution in [3.63, 3.8) is 0 Å². The highest BCUT2D eigenvalue weighted by molar-refractivity contribution is 4.58. The lowest BCUT2D eigenvalue weighted by molar-refractivity contribution is -0.0593. The molecule has 0 amide bonds. The van der Waals surface area contributed by atoms with Crippen LogP contribution in [0.1, 0.15) is 26.7 Å². The van der Waals surface area contributed by atoms with E-state index in [4.69, 9.17) is 9.47 Å². The van der Waals surface area contributed by atoms with Gasteiger partial charge in [-0.1, -0.05) is 13.3 Å². The quantitative estimate of drug-likeness (QED) is 0.564. The number of hydrogen-bond donors (Lipinski definition) is 0. The van der Waals surface area contributed by atoms with Gasteiger partial charge in [0.05, 0.1) is 12.7 Å². The van der Waals surface area contributed by atoms with Crippen LogP contribution in [0.25, 0.3) is 0 Å². The molecular formula is C7H14O2. The molecule has 9 heavy (non-hydrogen) atoms. The minimum Gasteiger partial charge on any atom is -0.350 e. The summed E-state index contributed by atoms with van der Waals surface area (Å²) < 4.78 is 10.7. The average Bonchev–Trinajstić information content (AvgIpc) is 2.17. The smallest absolute Gasteiger partial charge is 0.158 e. The molecule has 54 valence electrons. The van der Waals surface area contributed by atoms with Gasteiger partial charge in [0, 0.05) is 0 Å². The van der Waals surface area contributed by atoms with Crippen molar-refractivity contribution < 1.29 is 9.47 Å². The Morgan fingerprint density at radius 3 is 2.78 bits per heavy atom. The lowest BCUT2D eigenvalue weighted by Crippen LogP contribution is -2.08. The summed E-state index contributed by atoms with van der Waals surface area (Å²) in [5.41, 5.74) is 0. The highest BCUT2D eigenvalue weighted by Gasteiger charge is 2.20. The van der Waals surface area contributed by atoms with Crippen molar-refractivity contribution in [2.24, 2.45) is 0 Å². The highest BCUT2D eigenvalue weighted by Crippen LogP contribution is 2.14. The van der Waals surface area contributed by atoms with Crippen LogP contribution in [-0.4, -0.2) is 19.0 Å². The van der Waals surface area contributed by atoms with Gasteiger partial charge in [-0.15, -0.1) is 0 Å². The van der Waals surface area contributed by atoms with Crippen LogP contribution in [0.2, 0.25) is 0 Å². The van der Waals surface area contributed by atoms with Crippen molar-refractivity contribution >= 4 is 0 Å². The van der Waals surface area contributed by atoms with Crippen molar-refractivity contribution in [3.05, 3.63) is 0 Å². The van der Waals surface area contributed by atoms with E-state index in [0.29, 0.717) is 6.10 Å². The van der Waals surface area contributed by atoms with Crippen LogP contribution in [0.4, 0.5) is 0 Å². The first-order valence-corrected chi connectivity index (χ1v) is 3.60. The summed E-state index contributed by atoms with van der Waals surface area (Å²) in [4.78, 5) is 0. The van der Waals surface area contributed by atoms with Gasteiger partial charge >= 0.3 is 0 Å². The van der Waals surface area contributed by atoms with Gasteiger partial charge in [0.2, 0.25) is 0 Å². The molecule has 1 saturated heterocycles. The van der Waals surface area contributed by atoms with Crippen LogP contribution < -0.4 is 0 Å². The monoisotopic (exact) mass is 130 g/mol. The largest absolute Gasteiger partial charge is 0.350 e. The Balaban J connectivity index is 2.14. The van der Waals surface area contributed by atoms with Crippen molar-refractivity contribution in [2.45, 2.75) is 39.1 Å². The second-order valence-corrected chi connectivity index (χ2v) is 2.50. The summed E-state index contributed by atoms with van der Waals surface area (Å²) >= 11 is 0. The molecule has 0 aliphatic carbocycles. The molecule has 0 unspecified atom stereocenters. The fourth-order valence-corrected chi connectivity index (χ4v) is 0.968. The first-order chi connectivity index (χ1) is 4.33. The second-order valence-electron chi connectivity index (χ2n) is 2.50. The van der Waals surface area contributed by atoms with Crippen LogP contribution in [0.3, 0.4) is 0 Å². The zero-order chi connectivity index (χ0) is 6.69. The summed E-state index contributed by atoms with van der Waals surface area (Å²) in [6.45, 7) is 4.94. The lowest BCUT2D eigenvalue weighted by Gasteiger charge is -2.06. The summed E-state index contributed by atoms with van der Waals surface area (Å²) in [5.74, 6) is 0. The summed E-state index contributed by atoms with van der Waals surface area (Å²) in [6, 6.07) is 0. The standard InChI is InChI=1S/C7H14O2/c1-3-4-7-8-5-6(2)9-7/h6-7H,3-5H2,1-2H3/t6-,7+/m0/s1. The molecule has 1 fully saturated rings. The Morgan fingerprint density at radius 2 is 2.33 bits per heavy atom. The van der Waals surface area contributed by atoms with Gasteiger partial charge in [-0.05, 0) is 13.3 Å². The third kappa shape index (κ3) is 1.95. The van der Waals surface area contributed by atoms with E-state index >= 15 is 0 Å². The first-order valence-electron chi connectivity index (χ1n) is 3.60. The Morgan fingerprint density at radius 1 is 1.56 bits per heavy atom. The van der Waals surface area contributed by atoms with E-state index in [2.05, 4.69) is 6.92 Å². The van der Waals surface area contributed by atoms with Gasteiger partial charge in [-0.2, -0.15) is 0 Å². The van der Waals surface area contributed by atoms with Gasteiger partial charge in [-0.3, -0.25) is 0 Å². The molecule has 0 aromatic carbocycles. The molecule has 1 aliphatic rings. The van der Waals surface area contributed by atoms with Crippen molar-refractivity contribution in [2.75, 3.05) is 6.61 Å². The van der Waals surface area contributed by atoms with E-state index in [1.165, 1.54) is 0 Å². The molecular weight excluding hydrogens is 116 g/mol. The second kappa shape index (κ2) is 3.18. The average molecular weight is 130 g/mol. The molecule has 2 nitrogen and oxygen atoms in total. The van der Waals surface area contributed by atoms with Crippen LogP contribution in [0.15, 0.2) is 0 Å². The third-order valence-corrected chi connectivity index (χ3v) is 1.43. The van der Waals surface area contributed by atoms with E-state index in [1.807, 2.05) is 6.92 Å². The molecule has 0 aromatic rings. The van der Waals surface area contributed by atoms with Gasteiger partial charge in [0.25, 0.3) is 0 Å². The zero-order valence-electron chi connectivity index (χ0n) is 6.09. The maximum absolute atomic E-state index is 5.38. The first kappa shape index (κ1) is 7.03. The van der Waals surface area contributed by atoms with Crippen LogP contribution in [-0.2, 0) is 9.47 Å². The fourth-order valence-electron chi connectivity index (χ4n) is 0.968. The number of ether oxygens (including phenoxy) is 2. The van der Waals surface area contributed by atoms with E-state index in [-0.39, 0.29) is 6.29 Å². The van der Waals surface area contributed by atoms with E-state index in [9.17, 15) is 0 Å². The Bertz CT molecular complexity index is 81.0. The SMILES string of the molecule is CCC[C@@H]1OC[C@H](C)O1. The minimum absolute atomic E-state index is 0.0880. The van der Waals surface area contributed by atoms with E-state index in [0.717, 1.165) is 19.4 Å². The van der Waals surface area contributed by atoms with Crippen LogP contribution in [0, 0.1) is 0 Å². The molecule has 2 atom stereocenters. The Labute approximate surface area is 56.2 Å². The van der Waals surface area contributed by atoms with Crippen molar-refractivity contribution in [1.82, 2.24) is 0 Å². The van der Waals surface area contributed by atoms with E-state index < -0.39 is 0 Å². The fraction of sp³-hybridized carbons (Fsp3) is 1.00. The Hall–Kier alpha value is -0.0800. The molecule has 0 spiro atoms. The molecule has 1 aliphatic heterocycles.